The van der Waals surface area contributed by atoms with Gasteiger partial charge in [0.2, 0.25) is 11.8 Å². The maximum atomic E-state index is 13.2. The topological polar surface area (TPSA) is 58.6 Å². The molecule has 2 amide bonds. The Balaban J connectivity index is 1.68. The number of anilines is 1. The van der Waals surface area contributed by atoms with E-state index >= 15 is 0 Å². The van der Waals surface area contributed by atoms with E-state index in [1.807, 2.05) is 12.1 Å². The Hall–Kier alpha value is -2.09. The summed E-state index contributed by atoms with van der Waals surface area (Å²) < 4.78 is 5.73. The summed E-state index contributed by atoms with van der Waals surface area (Å²) in [6.07, 6.45) is 1.83. The number of ether oxygens (including phenoxy) is 1. The van der Waals surface area contributed by atoms with Crippen LogP contribution < -0.4 is 15.0 Å². The zero-order chi connectivity index (χ0) is 21.0. The lowest BCUT2D eigenvalue weighted by Gasteiger charge is -2.42. The second-order valence-corrected chi connectivity index (χ2v) is 10.2. The molecule has 2 aromatic carbocycles. The zero-order valence-electron chi connectivity index (χ0n) is 17.0. The van der Waals surface area contributed by atoms with Crippen LogP contribution in [0.25, 0.3) is 0 Å². The number of piperidine rings is 1. The molecular weight excluding hydrogens is 491 g/mol. The summed E-state index contributed by atoms with van der Waals surface area (Å²) >= 11 is 2.53. The Morgan fingerprint density at radius 3 is 2.37 bits per heavy atom. The van der Waals surface area contributed by atoms with E-state index in [1.165, 1.54) is 5.56 Å². The first-order valence-corrected chi connectivity index (χ1v) is 11.7. The third-order valence-corrected chi connectivity index (χ3v) is 8.39. The van der Waals surface area contributed by atoms with Crippen molar-refractivity contribution < 1.29 is 14.3 Å². The fourth-order valence-electron chi connectivity index (χ4n) is 5.71. The zero-order valence-corrected chi connectivity index (χ0v) is 19.2. The fraction of sp³-hybridized carbons (Fsp3) is 0.417. The van der Waals surface area contributed by atoms with Gasteiger partial charge in [0.05, 0.1) is 19.1 Å². The molecule has 0 bridgehead atoms. The van der Waals surface area contributed by atoms with Crippen LogP contribution >= 0.6 is 22.6 Å². The SMILES string of the molecule is COc1ccc([C@@H]2[C@@H]3C(=O)NC(=O)[C@@H]4CC[C@@H](I)[C@@H]([C@H]34)N2c2ccc(C)cc2)cc1. The van der Waals surface area contributed by atoms with Crippen LogP contribution in [0.3, 0.4) is 0 Å². The molecule has 3 aliphatic rings. The molecule has 5 nitrogen and oxygen atoms in total. The third kappa shape index (κ3) is 3.02. The molecule has 2 saturated heterocycles. The Labute approximate surface area is 190 Å². The van der Waals surface area contributed by atoms with Crippen LogP contribution in [-0.2, 0) is 9.59 Å². The molecule has 0 spiro atoms. The molecule has 1 saturated carbocycles. The number of carbonyl (C=O) groups excluding carboxylic acids is 2. The number of benzene rings is 2. The molecule has 6 heteroatoms. The summed E-state index contributed by atoms with van der Waals surface area (Å²) in [5, 5.41) is 2.69. The smallest absolute Gasteiger partial charge is 0.232 e. The van der Waals surface area contributed by atoms with Gasteiger partial charge in [0.15, 0.2) is 0 Å². The predicted octanol–water partition coefficient (Wildman–Crippen LogP) is 4.04. The highest BCUT2D eigenvalue weighted by Crippen LogP contribution is 2.56. The number of aryl methyl sites for hydroxylation is 1. The van der Waals surface area contributed by atoms with Crippen molar-refractivity contribution in [3.63, 3.8) is 0 Å². The van der Waals surface area contributed by atoms with Gasteiger partial charge in [-0.05, 0) is 49.6 Å². The summed E-state index contributed by atoms with van der Waals surface area (Å²) in [5.41, 5.74) is 3.41. The number of rotatable bonds is 3. The van der Waals surface area contributed by atoms with Crippen molar-refractivity contribution in [2.75, 3.05) is 12.0 Å². The first kappa shape index (κ1) is 19.8. The average Bonchev–Trinajstić information content (AvgIpc) is 3.11. The third-order valence-electron chi connectivity index (χ3n) is 7.03. The molecule has 0 aromatic heterocycles. The minimum absolute atomic E-state index is 0.0373. The lowest BCUT2D eigenvalue weighted by Crippen LogP contribution is -2.56. The lowest BCUT2D eigenvalue weighted by atomic mass is 9.68. The Morgan fingerprint density at radius 2 is 1.70 bits per heavy atom. The highest BCUT2D eigenvalue weighted by atomic mass is 127. The molecule has 3 fully saturated rings. The first-order valence-electron chi connectivity index (χ1n) is 10.5. The van der Waals surface area contributed by atoms with Crippen molar-refractivity contribution in [2.45, 2.75) is 35.8 Å². The number of imide groups is 1. The van der Waals surface area contributed by atoms with Gasteiger partial charge in [-0.1, -0.05) is 52.4 Å². The number of carbonyl (C=O) groups is 2. The van der Waals surface area contributed by atoms with E-state index < -0.39 is 0 Å². The molecule has 2 aromatic rings. The van der Waals surface area contributed by atoms with Crippen LogP contribution in [0.2, 0.25) is 0 Å². The molecule has 2 aliphatic heterocycles. The van der Waals surface area contributed by atoms with Gasteiger partial charge in [-0.15, -0.1) is 0 Å². The molecule has 30 heavy (non-hydrogen) atoms. The number of nitrogens with zero attached hydrogens (tertiary/aromatic N) is 1. The van der Waals surface area contributed by atoms with E-state index in [-0.39, 0.29) is 41.7 Å². The van der Waals surface area contributed by atoms with E-state index in [0.717, 1.165) is 29.8 Å². The van der Waals surface area contributed by atoms with E-state index in [2.05, 4.69) is 76.1 Å². The number of alkyl halides is 1. The maximum Gasteiger partial charge on any atom is 0.232 e. The van der Waals surface area contributed by atoms with E-state index in [9.17, 15) is 9.59 Å². The minimum atomic E-state index is -0.245. The molecule has 2 heterocycles. The molecule has 156 valence electrons. The normalized spacial score (nSPS) is 32.6. The van der Waals surface area contributed by atoms with Crippen LogP contribution in [0.15, 0.2) is 48.5 Å². The average molecular weight is 516 g/mol. The fourth-order valence-corrected chi connectivity index (χ4v) is 6.90. The summed E-state index contributed by atoms with van der Waals surface area (Å²) in [5.74, 6) is 0.269. The lowest BCUT2D eigenvalue weighted by molar-refractivity contribution is -0.144. The Bertz CT molecular complexity index is 975. The van der Waals surface area contributed by atoms with E-state index in [4.69, 9.17) is 4.74 Å². The molecule has 6 atom stereocenters. The molecule has 1 aliphatic carbocycles. The number of hydrogen-bond donors (Lipinski definition) is 1. The van der Waals surface area contributed by atoms with Crippen molar-refractivity contribution in [3.8, 4) is 5.75 Å². The van der Waals surface area contributed by atoms with Gasteiger partial charge >= 0.3 is 0 Å². The van der Waals surface area contributed by atoms with Gasteiger partial charge in [0.25, 0.3) is 0 Å². The van der Waals surface area contributed by atoms with Crippen LogP contribution in [-0.4, -0.2) is 28.9 Å². The highest BCUT2D eigenvalue weighted by Gasteiger charge is 2.62. The summed E-state index contributed by atoms with van der Waals surface area (Å²) in [4.78, 5) is 28.3. The second kappa shape index (κ2) is 7.55. The monoisotopic (exact) mass is 516 g/mol. The van der Waals surface area contributed by atoms with Gasteiger partial charge in [-0.25, -0.2) is 0 Å². The number of hydrogen-bond acceptors (Lipinski definition) is 4. The molecule has 1 N–H and O–H groups in total. The van der Waals surface area contributed by atoms with Crippen molar-refractivity contribution in [3.05, 3.63) is 59.7 Å². The van der Waals surface area contributed by atoms with Gasteiger partial charge in [-0.3, -0.25) is 14.9 Å². The summed E-state index contributed by atoms with van der Waals surface area (Å²) in [6, 6.07) is 16.6. The van der Waals surface area contributed by atoms with Crippen molar-refractivity contribution in [1.82, 2.24) is 5.32 Å². The predicted molar refractivity (Wildman–Crippen MR) is 124 cm³/mol. The number of nitrogens with one attached hydrogen (secondary N) is 1. The summed E-state index contributed by atoms with van der Waals surface area (Å²) in [7, 11) is 1.66. The number of amides is 2. The largest absolute Gasteiger partial charge is 0.497 e. The Kier molecular flexibility index (Phi) is 5.00. The van der Waals surface area contributed by atoms with E-state index in [0.29, 0.717) is 3.92 Å². The number of methoxy groups -OCH3 is 1. The van der Waals surface area contributed by atoms with Crippen molar-refractivity contribution >= 4 is 40.1 Å². The van der Waals surface area contributed by atoms with Crippen LogP contribution in [0.5, 0.6) is 5.75 Å². The van der Waals surface area contributed by atoms with Crippen LogP contribution in [0.4, 0.5) is 5.69 Å². The quantitative estimate of drug-likeness (QED) is 0.380. The first-order chi connectivity index (χ1) is 14.5. The van der Waals surface area contributed by atoms with Crippen LogP contribution in [0.1, 0.15) is 30.0 Å². The van der Waals surface area contributed by atoms with Crippen molar-refractivity contribution in [1.29, 1.82) is 0 Å². The number of halogens is 1. The molecule has 0 unspecified atom stereocenters. The molecule has 0 radical (unpaired) electrons. The highest BCUT2D eigenvalue weighted by molar-refractivity contribution is 14.1. The van der Waals surface area contributed by atoms with Gasteiger partial charge in [0.1, 0.15) is 5.75 Å². The van der Waals surface area contributed by atoms with Crippen molar-refractivity contribution in [2.24, 2.45) is 17.8 Å². The van der Waals surface area contributed by atoms with Gasteiger partial charge in [-0.2, -0.15) is 0 Å². The minimum Gasteiger partial charge on any atom is -0.497 e. The van der Waals surface area contributed by atoms with Gasteiger partial charge in [0, 0.05) is 27.5 Å². The van der Waals surface area contributed by atoms with Crippen LogP contribution in [0, 0.1) is 24.7 Å². The van der Waals surface area contributed by atoms with Gasteiger partial charge < -0.3 is 9.64 Å². The van der Waals surface area contributed by atoms with E-state index in [1.54, 1.807) is 7.11 Å². The summed E-state index contributed by atoms with van der Waals surface area (Å²) in [6.45, 7) is 2.08. The second-order valence-electron chi connectivity index (χ2n) is 8.61. The molecular formula is C24H25IN2O3. The Morgan fingerprint density at radius 1 is 1.00 bits per heavy atom. The molecule has 5 rings (SSSR count). The standard InChI is InChI=1S/C24H25IN2O3/c1-13-3-7-15(8-4-13)27-21(14-5-9-16(30-2)10-6-14)20-19-17(23(28)26-24(20)29)11-12-18(25)22(19)27/h3-10,17-22H,11-12H2,1-2H3,(H,26,28,29)/t17-,18-,19+,20-,21-,22+/m1/s1. The maximum absolute atomic E-state index is 13.2.